The fraction of sp³-hybridized carbons (Fsp3) is 0.0612. The number of benzene rings is 8. The molecule has 0 amide bonds. The van der Waals surface area contributed by atoms with Crippen molar-refractivity contribution in [3.63, 3.8) is 0 Å². The Morgan fingerprint density at radius 1 is 0.431 bits per heavy atom. The van der Waals surface area contributed by atoms with Gasteiger partial charge in [-0.05, 0) is 86.1 Å². The quantitative estimate of drug-likeness (QED) is 0.176. The molecule has 10 rings (SSSR count). The molecule has 51 heavy (non-hydrogen) atoms. The van der Waals surface area contributed by atoms with Gasteiger partial charge >= 0.3 is 0 Å². The molecule has 0 saturated carbocycles. The van der Waals surface area contributed by atoms with Gasteiger partial charge in [0.05, 0.1) is 10.4 Å². The monoisotopic (exact) mass is 669 g/mol. The molecule has 1 heterocycles. The second-order valence-corrected chi connectivity index (χ2v) is 15.1. The van der Waals surface area contributed by atoms with E-state index in [1.165, 1.54) is 81.1 Å². The molecular weight excluding hydrogens is 635 g/mol. The molecule has 0 fully saturated rings. The molecule has 0 unspecified atom stereocenters. The Hall–Kier alpha value is -5.96. The third-order valence-electron chi connectivity index (χ3n) is 10.9. The summed E-state index contributed by atoms with van der Waals surface area (Å²) in [4.78, 5) is 2.48. The summed E-state index contributed by atoms with van der Waals surface area (Å²) in [5, 5.41) is 5.19. The van der Waals surface area contributed by atoms with E-state index in [2.05, 4.69) is 195 Å². The number of fused-ring (bicyclic) bond motifs is 8. The summed E-state index contributed by atoms with van der Waals surface area (Å²) in [6.07, 6.45) is 0. The zero-order valence-electron chi connectivity index (χ0n) is 28.6. The standard InChI is InChI=1S/C49H35NS/c1-49(2)43-22-12-11-20-39(43)42-31-37(28-29-44(42)49)50(36-26-24-33(25-27-36)32-14-5-3-6-15-32)45-23-13-21-40-46-38-19-10-9-18-35(38)30-41(48(46)51-47(40)45)34-16-7-4-8-17-34/h3-31H,1-2H3. The Morgan fingerprint density at radius 3 is 1.86 bits per heavy atom. The van der Waals surface area contributed by atoms with Crippen molar-refractivity contribution in [2.24, 2.45) is 0 Å². The maximum absolute atomic E-state index is 2.48. The van der Waals surface area contributed by atoms with E-state index < -0.39 is 0 Å². The van der Waals surface area contributed by atoms with E-state index in [1.807, 2.05) is 11.3 Å². The molecule has 2 heteroatoms. The second kappa shape index (κ2) is 11.6. The van der Waals surface area contributed by atoms with E-state index in [0.717, 1.165) is 11.4 Å². The lowest BCUT2D eigenvalue weighted by atomic mass is 9.82. The van der Waals surface area contributed by atoms with Crippen LogP contribution < -0.4 is 4.90 Å². The minimum absolute atomic E-state index is 0.0486. The Kier molecular flexibility index (Phi) is 6.78. The zero-order chi connectivity index (χ0) is 34.1. The third-order valence-corrected chi connectivity index (χ3v) is 12.1. The van der Waals surface area contributed by atoms with E-state index in [1.54, 1.807) is 0 Å². The molecule has 8 aromatic carbocycles. The normalized spacial score (nSPS) is 13.1. The third kappa shape index (κ3) is 4.67. The fourth-order valence-electron chi connectivity index (χ4n) is 8.35. The van der Waals surface area contributed by atoms with Crippen molar-refractivity contribution >= 4 is 59.3 Å². The van der Waals surface area contributed by atoms with Crippen molar-refractivity contribution in [2.75, 3.05) is 4.90 Å². The summed E-state index contributed by atoms with van der Waals surface area (Å²) >= 11 is 1.91. The average molecular weight is 670 g/mol. The van der Waals surface area contributed by atoms with Crippen LogP contribution in [-0.2, 0) is 5.41 Å². The summed E-state index contributed by atoms with van der Waals surface area (Å²) in [5.74, 6) is 0. The van der Waals surface area contributed by atoms with Gasteiger partial charge in [-0.3, -0.25) is 0 Å². The topological polar surface area (TPSA) is 3.24 Å². The van der Waals surface area contributed by atoms with Crippen LogP contribution in [0.1, 0.15) is 25.0 Å². The van der Waals surface area contributed by atoms with Gasteiger partial charge in [0, 0.05) is 37.8 Å². The summed E-state index contributed by atoms with van der Waals surface area (Å²) in [6.45, 7) is 4.70. The van der Waals surface area contributed by atoms with Gasteiger partial charge in [0.1, 0.15) is 0 Å². The molecule has 1 aromatic heterocycles. The molecule has 0 aliphatic heterocycles. The molecule has 9 aromatic rings. The van der Waals surface area contributed by atoms with E-state index in [-0.39, 0.29) is 5.41 Å². The Morgan fingerprint density at radius 2 is 1.06 bits per heavy atom. The van der Waals surface area contributed by atoms with Crippen LogP contribution in [0.15, 0.2) is 176 Å². The second-order valence-electron chi connectivity index (χ2n) is 14.1. The Labute approximate surface area is 302 Å². The van der Waals surface area contributed by atoms with E-state index in [9.17, 15) is 0 Å². The van der Waals surface area contributed by atoms with Crippen molar-refractivity contribution in [1.29, 1.82) is 0 Å². The zero-order valence-corrected chi connectivity index (χ0v) is 29.4. The van der Waals surface area contributed by atoms with Crippen LogP contribution in [0.25, 0.3) is 64.3 Å². The van der Waals surface area contributed by atoms with Crippen LogP contribution >= 0.6 is 11.3 Å². The van der Waals surface area contributed by atoms with E-state index >= 15 is 0 Å². The van der Waals surface area contributed by atoms with Crippen molar-refractivity contribution in [1.82, 2.24) is 0 Å². The Balaban J connectivity index is 1.24. The summed E-state index contributed by atoms with van der Waals surface area (Å²) in [6, 6.07) is 64.7. The first-order valence-electron chi connectivity index (χ1n) is 17.7. The van der Waals surface area contributed by atoms with Gasteiger partial charge in [0.25, 0.3) is 0 Å². The first-order chi connectivity index (χ1) is 25.1. The number of hydrogen-bond acceptors (Lipinski definition) is 2. The number of anilines is 3. The molecule has 0 N–H and O–H groups in total. The van der Waals surface area contributed by atoms with Gasteiger partial charge < -0.3 is 4.90 Å². The lowest BCUT2D eigenvalue weighted by molar-refractivity contribution is 0.660. The highest BCUT2D eigenvalue weighted by molar-refractivity contribution is 7.27. The molecule has 1 aliphatic rings. The summed E-state index contributed by atoms with van der Waals surface area (Å²) in [7, 11) is 0. The molecular formula is C49H35NS. The number of thiophene rings is 1. The number of rotatable bonds is 5. The fourth-order valence-corrected chi connectivity index (χ4v) is 9.71. The first kappa shape index (κ1) is 29.9. The number of nitrogens with zero attached hydrogens (tertiary/aromatic N) is 1. The van der Waals surface area contributed by atoms with Gasteiger partial charge in [-0.2, -0.15) is 0 Å². The van der Waals surface area contributed by atoms with Crippen LogP contribution in [0.3, 0.4) is 0 Å². The van der Waals surface area contributed by atoms with Gasteiger partial charge in [-0.1, -0.05) is 153 Å². The lowest BCUT2D eigenvalue weighted by Gasteiger charge is -2.28. The largest absolute Gasteiger partial charge is 0.309 e. The van der Waals surface area contributed by atoms with Crippen molar-refractivity contribution < 1.29 is 0 Å². The van der Waals surface area contributed by atoms with E-state index in [0.29, 0.717) is 0 Å². The average Bonchev–Trinajstić information content (AvgIpc) is 3.69. The van der Waals surface area contributed by atoms with Crippen LogP contribution in [-0.4, -0.2) is 0 Å². The highest BCUT2D eigenvalue weighted by Gasteiger charge is 2.35. The summed E-state index contributed by atoms with van der Waals surface area (Å²) < 4.78 is 2.61. The van der Waals surface area contributed by atoms with Gasteiger partial charge in [-0.25, -0.2) is 0 Å². The SMILES string of the molecule is CC1(C)c2ccccc2-c2cc(N(c3ccc(-c4ccccc4)cc3)c3cccc4c3sc3c(-c5ccccc5)cc5ccccc5c34)ccc21. The minimum atomic E-state index is -0.0486. The van der Waals surface area contributed by atoms with Crippen LogP contribution in [0.2, 0.25) is 0 Å². The van der Waals surface area contributed by atoms with Crippen LogP contribution in [0.5, 0.6) is 0 Å². The number of hydrogen-bond donors (Lipinski definition) is 0. The smallest absolute Gasteiger partial charge is 0.0640 e. The van der Waals surface area contributed by atoms with Crippen molar-refractivity contribution in [2.45, 2.75) is 19.3 Å². The molecule has 242 valence electrons. The first-order valence-corrected chi connectivity index (χ1v) is 18.5. The van der Waals surface area contributed by atoms with Gasteiger partial charge in [-0.15, -0.1) is 11.3 Å². The van der Waals surface area contributed by atoms with Crippen LogP contribution in [0.4, 0.5) is 17.1 Å². The Bertz CT molecular complexity index is 2760. The molecule has 0 saturated heterocycles. The molecule has 0 radical (unpaired) electrons. The van der Waals surface area contributed by atoms with Crippen molar-refractivity contribution in [3.05, 3.63) is 187 Å². The minimum Gasteiger partial charge on any atom is -0.309 e. The maximum Gasteiger partial charge on any atom is 0.0640 e. The summed E-state index contributed by atoms with van der Waals surface area (Å²) in [5.41, 5.74) is 13.8. The van der Waals surface area contributed by atoms with E-state index in [4.69, 9.17) is 0 Å². The maximum atomic E-state index is 2.48. The highest BCUT2D eigenvalue weighted by atomic mass is 32.1. The molecule has 0 spiro atoms. The molecule has 1 nitrogen and oxygen atoms in total. The predicted molar refractivity (Wildman–Crippen MR) is 220 cm³/mol. The lowest BCUT2D eigenvalue weighted by Crippen LogP contribution is -2.15. The molecule has 0 bridgehead atoms. The predicted octanol–water partition coefficient (Wildman–Crippen LogP) is 14.3. The van der Waals surface area contributed by atoms with Gasteiger partial charge in [0.2, 0.25) is 0 Å². The van der Waals surface area contributed by atoms with Gasteiger partial charge in [0.15, 0.2) is 0 Å². The van der Waals surface area contributed by atoms with Crippen LogP contribution in [0, 0.1) is 0 Å². The van der Waals surface area contributed by atoms with Crippen molar-refractivity contribution in [3.8, 4) is 33.4 Å². The molecule has 0 atom stereocenters. The highest BCUT2D eigenvalue weighted by Crippen LogP contribution is 2.53. The molecule has 1 aliphatic carbocycles.